The Kier molecular flexibility index (Phi) is 9.40. The molecule has 0 atom stereocenters. The van der Waals surface area contributed by atoms with Gasteiger partial charge in [-0.15, -0.1) is 0 Å². The summed E-state index contributed by atoms with van der Waals surface area (Å²) in [5, 5.41) is 19.4. The number of hydrogen-bond donors (Lipinski definition) is 2. The molecule has 2 N–H and O–H groups in total. The molecule has 2 aromatic rings. The number of phenolic OH excluding ortho intramolecular Hbond substituents is 1. The number of benzene rings is 2. The van der Waals surface area contributed by atoms with Gasteiger partial charge in [0, 0.05) is 29.4 Å². The number of carboxylic acids is 1. The third kappa shape index (κ3) is 7.52. The fourth-order valence-corrected chi connectivity index (χ4v) is 2.67. The normalized spacial score (nSPS) is 9.65. The maximum atomic E-state index is 10.2. The second-order valence-corrected chi connectivity index (χ2v) is 6.14. The minimum Gasteiger partial charge on any atom is -0.508 e. The Morgan fingerprint density at radius 3 is 1.83 bits per heavy atom. The van der Waals surface area contributed by atoms with Crippen molar-refractivity contribution in [1.82, 2.24) is 0 Å². The van der Waals surface area contributed by atoms with Crippen LogP contribution in [-0.4, -0.2) is 39.9 Å². The first-order chi connectivity index (χ1) is 11.1. The molecule has 2 aromatic carbocycles. The van der Waals surface area contributed by atoms with E-state index in [1.807, 2.05) is 12.1 Å². The molecule has 0 heterocycles. The lowest BCUT2D eigenvalue weighted by atomic mass is 10.2. The summed E-state index contributed by atoms with van der Waals surface area (Å²) in [6.07, 6.45) is 0. The minimum atomic E-state index is -0.879. The van der Waals surface area contributed by atoms with Gasteiger partial charge >= 0.3 is 5.97 Å². The Hall–Kier alpha value is -1.53. The zero-order valence-corrected chi connectivity index (χ0v) is 15.7. The van der Waals surface area contributed by atoms with E-state index in [0.717, 1.165) is 29.4 Å². The van der Waals surface area contributed by atoms with Gasteiger partial charge in [0.25, 0.3) is 0 Å². The highest BCUT2D eigenvalue weighted by Gasteiger charge is 2.04. The number of carboxylic acid groups (broad SMARTS) is 1. The summed E-state index contributed by atoms with van der Waals surface area (Å²) < 4.78 is 0. The van der Waals surface area contributed by atoms with E-state index in [-0.39, 0.29) is 0 Å². The van der Waals surface area contributed by atoms with Gasteiger partial charge in [-0.05, 0) is 36.4 Å². The Balaban J connectivity index is 0.000000253. The number of hydrogen-bond acceptors (Lipinski definition) is 3. The molecule has 4 nitrogen and oxygen atoms in total. The molecule has 2 rings (SSSR count). The molecule has 0 saturated carbocycles. The average molecular weight is 445 g/mol. The molecule has 6 heteroatoms. The van der Waals surface area contributed by atoms with E-state index in [1.54, 1.807) is 42.5 Å². The van der Waals surface area contributed by atoms with Gasteiger partial charge in [0.05, 0.1) is 5.56 Å². The second kappa shape index (κ2) is 11.1. The lowest BCUT2D eigenvalue weighted by molar-refractivity contribution is 0.0697. The predicted molar refractivity (Wildman–Crippen MR) is 101 cm³/mol. The molecule has 0 unspecified atom stereocenters. The first kappa shape index (κ1) is 19.5. The van der Waals surface area contributed by atoms with Gasteiger partial charge in [-0.3, -0.25) is 0 Å². The van der Waals surface area contributed by atoms with Crippen LogP contribution in [0.5, 0.6) is 5.75 Å². The Bertz CT molecular complexity index is 570. The minimum absolute atomic E-state index is 0.311. The molecule has 0 fully saturated rings. The molecule has 0 amide bonds. The van der Waals surface area contributed by atoms with Crippen LogP contribution in [0.4, 0.5) is 5.69 Å². The summed E-state index contributed by atoms with van der Waals surface area (Å²) in [5.41, 5.74) is 1.47. The molecule has 0 spiro atoms. The molecule has 0 saturated heterocycles. The summed E-state index contributed by atoms with van der Waals surface area (Å²) in [4.78, 5) is 12.5. The van der Waals surface area contributed by atoms with Crippen molar-refractivity contribution in [3.8, 4) is 5.75 Å². The van der Waals surface area contributed by atoms with Crippen LogP contribution in [-0.2, 0) is 0 Å². The van der Waals surface area contributed by atoms with E-state index < -0.39 is 5.97 Å². The smallest absolute Gasteiger partial charge is 0.335 e. The third-order valence-electron chi connectivity index (χ3n) is 2.94. The zero-order valence-electron chi connectivity index (χ0n) is 12.5. The first-order valence-electron chi connectivity index (χ1n) is 7.02. The van der Waals surface area contributed by atoms with E-state index in [2.05, 4.69) is 36.8 Å². The maximum absolute atomic E-state index is 10.2. The van der Waals surface area contributed by atoms with E-state index in [1.165, 1.54) is 0 Å². The fourth-order valence-electron chi connectivity index (χ4n) is 1.82. The van der Waals surface area contributed by atoms with E-state index in [9.17, 15) is 4.79 Å². The SMILES string of the molecule is O=C(O)c1ccccc1.Oc1ccc(N(CCBr)CCBr)cc1. The van der Waals surface area contributed by atoms with Crippen molar-refractivity contribution < 1.29 is 15.0 Å². The van der Waals surface area contributed by atoms with Crippen molar-refractivity contribution in [1.29, 1.82) is 0 Å². The summed E-state index contributed by atoms with van der Waals surface area (Å²) in [7, 11) is 0. The maximum Gasteiger partial charge on any atom is 0.335 e. The molecule has 0 aromatic heterocycles. The molecule has 124 valence electrons. The summed E-state index contributed by atoms with van der Waals surface area (Å²) in [6.45, 7) is 1.94. The molecular weight excluding hydrogens is 426 g/mol. The third-order valence-corrected chi connectivity index (χ3v) is 3.65. The number of aromatic carboxylic acids is 1. The number of alkyl halides is 2. The van der Waals surface area contributed by atoms with Crippen LogP contribution in [0.15, 0.2) is 54.6 Å². The Morgan fingerprint density at radius 1 is 0.913 bits per heavy atom. The molecule has 0 radical (unpaired) electrons. The highest BCUT2D eigenvalue weighted by Crippen LogP contribution is 2.18. The van der Waals surface area contributed by atoms with Crippen LogP contribution in [0, 0.1) is 0 Å². The monoisotopic (exact) mass is 443 g/mol. The highest BCUT2D eigenvalue weighted by molar-refractivity contribution is 9.09. The van der Waals surface area contributed by atoms with Crippen molar-refractivity contribution in [2.75, 3.05) is 28.6 Å². The summed E-state index contributed by atoms with van der Waals surface area (Å²) in [6, 6.07) is 15.6. The van der Waals surface area contributed by atoms with Crippen LogP contribution >= 0.6 is 31.9 Å². The number of phenols is 1. The van der Waals surface area contributed by atoms with E-state index in [4.69, 9.17) is 10.2 Å². The zero-order chi connectivity index (χ0) is 17.1. The quantitative estimate of drug-likeness (QED) is 0.649. The number of aromatic hydroxyl groups is 1. The first-order valence-corrected chi connectivity index (χ1v) is 9.27. The number of nitrogens with zero attached hydrogens (tertiary/aromatic N) is 1. The predicted octanol–water partition coefficient (Wildman–Crippen LogP) is 4.37. The molecule has 23 heavy (non-hydrogen) atoms. The van der Waals surface area contributed by atoms with Crippen molar-refractivity contribution in [3.63, 3.8) is 0 Å². The van der Waals surface area contributed by atoms with Crippen LogP contribution in [0.2, 0.25) is 0 Å². The van der Waals surface area contributed by atoms with Crippen molar-refractivity contribution in [3.05, 3.63) is 60.2 Å². The van der Waals surface area contributed by atoms with Gasteiger partial charge in [0.2, 0.25) is 0 Å². The highest BCUT2D eigenvalue weighted by atomic mass is 79.9. The van der Waals surface area contributed by atoms with Gasteiger partial charge < -0.3 is 15.1 Å². The Labute approximate surface area is 153 Å². The number of halogens is 2. The lowest BCUT2D eigenvalue weighted by Gasteiger charge is -2.22. The Morgan fingerprint density at radius 2 is 1.43 bits per heavy atom. The van der Waals surface area contributed by atoms with Gasteiger partial charge in [0.15, 0.2) is 0 Å². The largest absolute Gasteiger partial charge is 0.508 e. The molecular formula is C17H19Br2NO3. The number of carbonyl (C=O) groups is 1. The van der Waals surface area contributed by atoms with Crippen molar-refractivity contribution >= 4 is 43.5 Å². The topological polar surface area (TPSA) is 60.8 Å². The van der Waals surface area contributed by atoms with Crippen molar-refractivity contribution in [2.24, 2.45) is 0 Å². The second-order valence-electron chi connectivity index (χ2n) is 4.55. The van der Waals surface area contributed by atoms with Crippen LogP contribution < -0.4 is 4.90 Å². The summed E-state index contributed by atoms with van der Waals surface area (Å²) in [5.74, 6) is -0.568. The summed E-state index contributed by atoms with van der Waals surface area (Å²) >= 11 is 6.85. The number of anilines is 1. The lowest BCUT2D eigenvalue weighted by Crippen LogP contribution is -2.27. The molecule has 0 aliphatic rings. The molecule has 0 aliphatic heterocycles. The number of rotatable bonds is 6. The van der Waals surface area contributed by atoms with Crippen LogP contribution in [0.25, 0.3) is 0 Å². The molecule has 0 bridgehead atoms. The molecule has 0 aliphatic carbocycles. The van der Waals surface area contributed by atoms with Crippen LogP contribution in [0.1, 0.15) is 10.4 Å². The van der Waals surface area contributed by atoms with Gasteiger partial charge in [-0.2, -0.15) is 0 Å². The van der Waals surface area contributed by atoms with Gasteiger partial charge in [-0.1, -0.05) is 50.1 Å². The van der Waals surface area contributed by atoms with Crippen LogP contribution in [0.3, 0.4) is 0 Å². The van der Waals surface area contributed by atoms with Gasteiger partial charge in [-0.25, -0.2) is 4.79 Å². The van der Waals surface area contributed by atoms with E-state index >= 15 is 0 Å². The van der Waals surface area contributed by atoms with E-state index in [0.29, 0.717) is 11.3 Å². The van der Waals surface area contributed by atoms with Gasteiger partial charge in [0.1, 0.15) is 5.75 Å². The standard InChI is InChI=1S/C10H13Br2NO.C7H6O2/c11-5-7-13(8-6-12)9-1-3-10(14)4-2-9;8-7(9)6-4-2-1-3-5-6/h1-4,14H,5-8H2;1-5H,(H,8,9). The fraction of sp³-hybridized carbons (Fsp3) is 0.235. The average Bonchev–Trinajstić information content (AvgIpc) is 2.57. The van der Waals surface area contributed by atoms with Crippen molar-refractivity contribution in [2.45, 2.75) is 0 Å².